The summed E-state index contributed by atoms with van der Waals surface area (Å²) in [4.78, 5) is 14.1. The van der Waals surface area contributed by atoms with Crippen molar-refractivity contribution in [1.82, 2.24) is 20.3 Å². The molecule has 1 N–H and O–H groups in total. The molecule has 0 aromatic carbocycles. The van der Waals surface area contributed by atoms with Gasteiger partial charge in [0.25, 0.3) is 0 Å². The van der Waals surface area contributed by atoms with Crippen LogP contribution in [0.1, 0.15) is 0 Å². The molecule has 5 nitrogen and oxygen atoms in total. The number of halogens is 1. The molecule has 3 rings (SSSR count). The first-order valence-electron chi connectivity index (χ1n) is 6.13. The van der Waals surface area contributed by atoms with Crippen LogP contribution >= 0.6 is 0 Å². The number of aromatic nitrogens is 3. The molecule has 0 radical (unpaired) electrons. The van der Waals surface area contributed by atoms with Crippen molar-refractivity contribution in [2.24, 2.45) is 0 Å². The Morgan fingerprint density at radius 2 is 2.11 bits per heavy atom. The summed E-state index contributed by atoms with van der Waals surface area (Å²) in [6.07, 6.45) is 3.01. The second-order valence-electron chi connectivity index (χ2n) is 4.47. The van der Waals surface area contributed by atoms with Gasteiger partial charge < -0.3 is 10.2 Å². The molecule has 0 unspecified atom stereocenters. The summed E-state index contributed by atoms with van der Waals surface area (Å²) in [5, 5.41) is 3.15. The minimum atomic E-state index is -0.407. The molecule has 98 valence electrons. The van der Waals surface area contributed by atoms with Gasteiger partial charge in [-0.1, -0.05) is 6.07 Å². The van der Waals surface area contributed by atoms with Gasteiger partial charge in [0.15, 0.2) is 11.6 Å². The Hall–Kier alpha value is -2.08. The average molecular weight is 259 g/mol. The van der Waals surface area contributed by atoms with Crippen LogP contribution in [0.3, 0.4) is 0 Å². The first-order chi connectivity index (χ1) is 9.29. The normalized spacial score (nSPS) is 15.4. The molecular weight excluding hydrogens is 245 g/mol. The maximum atomic E-state index is 14.4. The van der Waals surface area contributed by atoms with E-state index in [9.17, 15) is 4.39 Å². The molecule has 3 heterocycles. The van der Waals surface area contributed by atoms with Crippen LogP contribution in [0.15, 0.2) is 30.7 Å². The summed E-state index contributed by atoms with van der Waals surface area (Å²) >= 11 is 0. The van der Waals surface area contributed by atoms with E-state index in [1.54, 1.807) is 18.3 Å². The lowest BCUT2D eigenvalue weighted by Gasteiger charge is -2.39. The van der Waals surface area contributed by atoms with Crippen LogP contribution in [0, 0.1) is 5.82 Å². The van der Waals surface area contributed by atoms with Crippen LogP contribution in [0.2, 0.25) is 0 Å². The van der Waals surface area contributed by atoms with Gasteiger partial charge >= 0.3 is 0 Å². The molecule has 0 amide bonds. The zero-order valence-corrected chi connectivity index (χ0v) is 10.5. The summed E-state index contributed by atoms with van der Waals surface area (Å²) in [6.45, 7) is 1.51. The van der Waals surface area contributed by atoms with E-state index in [1.807, 2.05) is 18.0 Å². The third-order valence-electron chi connectivity index (χ3n) is 3.27. The van der Waals surface area contributed by atoms with Gasteiger partial charge in [0, 0.05) is 25.3 Å². The number of anilines is 1. The van der Waals surface area contributed by atoms with Gasteiger partial charge in [-0.2, -0.15) is 0 Å². The van der Waals surface area contributed by atoms with Crippen molar-refractivity contribution in [1.29, 1.82) is 0 Å². The van der Waals surface area contributed by atoms with Crippen LogP contribution in [0.5, 0.6) is 0 Å². The fourth-order valence-electron chi connectivity index (χ4n) is 2.10. The SMILES string of the molecule is CNC1CN(c2ncnc(-c3ccccn3)c2F)C1. The molecule has 1 fully saturated rings. The third-order valence-corrected chi connectivity index (χ3v) is 3.27. The van der Waals surface area contributed by atoms with Crippen molar-refractivity contribution in [2.45, 2.75) is 6.04 Å². The lowest BCUT2D eigenvalue weighted by Crippen LogP contribution is -2.57. The van der Waals surface area contributed by atoms with E-state index in [0.717, 1.165) is 13.1 Å². The fourth-order valence-corrected chi connectivity index (χ4v) is 2.10. The Labute approximate surface area is 110 Å². The molecule has 1 aliphatic heterocycles. The zero-order valence-electron chi connectivity index (χ0n) is 10.5. The maximum Gasteiger partial charge on any atom is 0.193 e. The smallest absolute Gasteiger partial charge is 0.193 e. The highest BCUT2D eigenvalue weighted by Crippen LogP contribution is 2.27. The molecule has 6 heteroatoms. The van der Waals surface area contributed by atoms with Crippen molar-refractivity contribution in [3.63, 3.8) is 0 Å². The number of hydrogen-bond acceptors (Lipinski definition) is 5. The predicted octanol–water partition coefficient (Wildman–Crippen LogP) is 1.09. The van der Waals surface area contributed by atoms with E-state index in [4.69, 9.17) is 0 Å². The zero-order chi connectivity index (χ0) is 13.2. The highest BCUT2D eigenvalue weighted by molar-refractivity contribution is 5.60. The summed E-state index contributed by atoms with van der Waals surface area (Å²) in [5.74, 6) is -0.0575. The van der Waals surface area contributed by atoms with Crippen molar-refractivity contribution >= 4 is 5.82 Å². The molecule has 19 heavy (non-hydrogen) atoms. The van der Waals surface area contributed by atoms with Crippen molar-refractivity contribution in [3.8, 4) is 11.4 Å². The standard InChI is InChI=1S/C13H14FN5/c1-15-9-6-19(7-9)13-11(14)12(17-8-18-13)10-4-2-3-5-16-10/h2-5,8-9,15H,6-7H2,1H3. The maximum absolute atomic E-state index is 14.4. The largest absolute Gasteiger partial charge is 0.351 e. The quantitative estimate of drug-likeness (QED) is 0.894. The molecule has 2 aromatic heterocycles. The molecule has 2 aromatic rings. The average Bonchev–Trinajstić information content (AvgIpc) is 2.40. The van der Waals surface area contributed by atoms with E-state index in [1.165, 1.54) is 6.33 Å². The molecule has 1 aliphatic rings. The van der Waals surface area contributed by atoms with E-state index >= 15 is 0 Å². The molecular formula is C13H14FN5. The third kappa shape index (κ3) is 2.15. The van der Waals surface area contributed by atoms with Crippen molar-refractivity contribution < 1.29 is 4.39 Å². The molecule has 0 aliphatic carbocycles. The van der Waals surface area contributed by atoms with Crippen molar-refractivity contribution in [2.75, 3.05) is 25.0 Å². The van der Waals surface area contributed by atoms with E-state index in [0.29, 0.717) is 17.6 Å². The topological polar surface area (TPSA) is 53.9 Å². The van der Waals surface area contributed by atoms with Crippen molar-refractivity contribution in [3.05, 3.63) is 36.5 Å². The molecule has 0 bridgehead atoms. The predicted molar refractivity (Wildman–Crippen MR) is 70.3 cm³/mol. The van der Waals surface area contributed by atoms with Gasteiger partial charge in [-0.15, -0.1) is 0 Å². The lowest BCUT2D eigenvalue weighted by atomic mass is 10.1. The summed E-state index contributed by atoms with van der Waals surface area (Å²) in [5.41, 5.74) is 0.771. The number of likely N-dealkylation sites (N-methyl/N-ethyl adjacent to an activating group) is 1. The van der Waals surface area contributed by atoms with Gasteiger partial charge in [-0.05, 0) is 19.2 Å². The minimum Gasteiger partial charge on any atom is -0.351 e. The monoisotopic (exact) mass is 259 g/mol. The van der Waals surface area contributed by atoms with Gasteiger partial charge in [-0.3, -0.25) is 4.98 Å². The van der Waals surface area contributed by atoms with Crippen LogP contribution in [-0.4, -0.2) is 41.1 Å². The molecule has 0 spiro atoms. The Balaban J connectivity index is 1.92. The Morgan fingerprint density at radius 1 is 1.26 bits per heavy atom. The van der Waals surface area contributed by atoms with E-state index in [2.05, 4.69) is 20.3 Å². The van der Waals surface area contributed by atoms with Gasteiger partial charge in [0.2, 0.25) is 0 Å². The minimum absolute atomic E-state index is 0.249. The van der Waals surface area contributed by atoms with Gasteiger partial charge in [0.1, 0.15) is 12.0 Å². The van der Waals surface area contributed by atoms with Gasteiger partial charge in [-0.25, -0.2) is 14.4 Å². The van der Waals surface area contributed by atoms with Crippen LogP contribution in [0.25, 0.3) is 11.4 Å². The second-order valence-corrected chi connectivity index (χ2v) is 4.47. The Kier molecular flexibility index (Phi) is 3.08. The number of nitrogens with zero attached hydrogens (tertiary/aromatic N) is 4. The molecule has 0 atom stereocenters. The van der Waals surface area contributed by atoms with Crippen LogP contribution in [-0.2, 0) is 0 Å². The van der Waals surface area contributed by atoms with Crippen LogP contribution in [0.4, 0.5) is 10.2 Å². The number of nitrogens with one attached hydrogen (secondary N) is 1. The fraction of sp³-hybridized carbons (Fsp3) is 0.308. The second kappa shape index (κ2) is 4.89. The highest BCUT2D eigenvalue weighted by Gasteiger charge is 2.29. The number of hydrogen-bond donors (Lipinski definition) is 1. The molecule has 1 saturated heterocycles. The van der Waals surface area contributed by atoms with Gasteiger partial charge in [0.05, 0.1) is 5.69 Å². The van der Waals surface area contributed by atoms with E-state index < -0.39 is 5.82 Å². The summed E-state index contributed by atoms with van der Waals surface area (Å²) < 4.78 is 14.4. The van der Waals surface area contributed by atoms with Crippen LogP contribution < -0.4 is 10.2 Å². The lowest BCUT2D eigenvalue weighted by molar-refractivity contribution is 0.438. The Morgan fingerprint density at radius 3 is 2.79 bits per heavy atom. The number of rotatable bonds is 3. The number of pyridine rings is 1. The van der Waals surface area contributed by atoms with E-state index in [-0.39, 0.29) is 5.69 Å². The Bertz CT molecular complexity index is 569. The highest BCUT2D eigenvalue weighted by atomic mass is 19.1. The summed E-state index contributed by atoms with van der Waals surface area (Å²) in [7, 11) is 1.90. The summed E-state index contributed by atoms with van der Waals surface area (Å²) in [6, 6.07) is 5.73. The molecule has 0 saturated carbocycles. The first-order valence-corrected chi connectivity index (χ1v) is 6.13. The first kappa shape index (κ1) is 12.0.